The first-order valence-electron chi connectivity index (χ1n) is 10.4. The molecular formula is C26H19N5O3. The van der Waals surface area contributed by atoms with E-state index in [9.17, 15) is 14.9 Å². The number of ether oxygens (including phenoxy) is 1. The summed E-state index contributed by atoms with van der Waals surface area (Å²) in [5.41, 5.74) is 2.87. The Morgan fingerprint density at radius 2 is 2.03 bits per heavy atom. The van der Waals surface area contributed by atoms with E-state index < -0.39 is 11.5 Å². The van der Waals surface area contributed by atoms with Crippen LogP contribution < -0.4 is 15.7 Å². The first kappa shape index (κ1) is 22.3. The number of nitrogens with zero attached hydrogens (tertiary/aromatic N) is 4. The number of hydrogen-bond acceptors (Lipinski definition) is 6. The van der Waals surface area contributed by atoms with Crippen LogP contribution in [0.1, 0.15) is 34.1 Å². The molecule has 0 aliphatic rings. The molecule has 0 spiro atoms. The predicted molar refractivity (Wildman–Crippen MR) is 127 cm³/mol. The normalized spacial score (nSPS) is 10.6. The Labute approximate surface area is 195 Å². The third kappa shape index (κ3) is 4.34. The number of carbonyl (C=O) groups is 1. The summed E-state index contributed by atoms with van der Waals surface area (Å²) in [6.45, 7) is 3.87. The Balaban J connectivity index is 1.66. The summed E-state index contributed by atoms with van der Waals surface area (Å²) in [4.78, 5) is 25.7. The minimum Gasteiger partial charge on any atom is -0.494 e. The van der Waals surface area contributed by atoms with Crippen molar-refractivity contribution >= 4 is 22.9 Å². The van der Waals surface area contributed by atoms with Gasteiger partial charge in [0.15, 0.2) is 5.69 Å². The molecule has 0 aliphatic heterocycles. The molecule has 8 nitrogen and oxygen atoms in total. The minimum atomic E-state index is -0.652. The predicted octanol–water partition coefficient (Wildman–Crippen LogP) is 3.33. The molecule has 0 radical (unpaired) electrons. The van der Waals surface area contributed by atoms with E-state index in [1.54, 1.807) is 30.3 Å². The molecule has 1 amide bonds. The number of amides is 1. The molecule has 0 aliphatic carbocycles. The quantitative estimate of drug-likeness (QED) is 0.359. The first-order valence-corrected chi connectivity index (χ1v) is 10.4. The maximum Gasteiger partial charge on any atom is 0.292 e. The zero-order chi connectivity index (χ0) is 24.1. The second-order valence-electron chi connectivity index (χ2n) is 7.22. The highest BCUT2D eigenvalue weighted by molar-refractivity contribution is 6.00. The van der Waals surface area contributed by atoms with Crippen LogP contribution in [0.3, 0.4) is 0 Å². The van der Waals surface area contributed by atoms with Crippen molar-refractivity contribution in [2.24, 2.45) is 5.10 Å². The molecule has 4 aromatic rings. The highest BCUT2D eigenvalue weighted by atomic mass is 16.5. The number of fused-ring (bicyclic) bond motifs is 1. The van der Waals surface area contributed by atoms with Crippen LogP contribution in [0, 0.1) is 30.4 Å². The summed E-state index contributed by atoms with van der Waals surface area (Å²) >= 11 is 0. The van der Waals surface area contributed by atoms with Crippen molar-refractivity contribution in [3.05, 3.63) is 99.5 Å². The van der Waals surface area contributed by atoms with Crippen LogP contribution in [0.2, 0.25) is 0 Å². The van der Waals surface area contributed by atoms with E-state index in [1.165, 1.54) is 13.1 Å². The van der Waals surface area contributed by atoms with E-state index >= 15 is 0 Å². The van der Waals surface area contributed by atoms with Gasteiger partial charge in [-0.15, -0.1) is 0 Å². The van der Waals surface area contributed by atoms with Gasteiger partial charge in [0.2, 0.25) is 0 Å². The molecule has 8 heteroatoms. The van der Waals surface area contributed by atoms with Crippen molar-refractivity contribution in [3.63, 3.8) is 0 Å². The zero-order valence-electron chi connectivity index (χ0n) is 18.5. The fraction of sp³-hybridized carbons (Fsp3) is 0.115. The van der Waals surface area contributed by atoms with E-state index in [0.717, 1.165) is 21.0 Å². The maximum absolute atomic E-state index is 12.9. The summed E-state index contributed by atoms with van der Waals surface area (Å²) in [5, 5.41) is 19.6. The van der Waals surface area contributed by atoms with Crippen molar-refractivity contribution < 1.29 is 9.53 Å². The number of carbonyl (C=O) groups excluding carboxylic acids is 1. The number of benzene rings is 2. The molecule has 4 rings (SSSR count). The van der Waals surface area contributed by atoms with Crippen LogP contribution in [-0.2, 0) is 0 Å². The zero-order valence-corrected chi connectivity index (χ0v) is 18.5. The Kier molecular flexibility index (Phi) is 6.33. The Hall–Kier alpha value is -4.95. The second-order valence-corrected chi connectivity index (χ2v) is 7.22. The second kappa shape index (κ2) is 9.68. The molecule has 0 bridgehead atoms. The topological polar surface area (TPSA) is 109 Å². The van der Waals surface area contributed by atoms with Crippen molar-refractivity contribution in [3.8, 4) is 17.5 Å². The number of nitriles is 1. The van der Waals surface area contributed by atoms with Gasteiger partial charge in [0.25, 0.3) is 11.5 Å². The van der Waals surface area contributed by atoms with Crippen molar-refractivity contribution in [1.82, 2.24) is 15.2 Å². The lowest BCUT2D eigenvalue weighted by molar-refractivity contribution is 0.0947. The van der Waals surface area contributed by atoms with E-state index in [2.05, 4.69) is 27.8 Å². The number of hydrogen-bond donors (Lipinski definition) is 1. The number of hydrazone groups is 1. The molecule has 3 aromatic carbocycles. The monoisotopic (exact) mass is 449 g/mol. The fourth-order valence-corrected chi connectivity index (χ4v) is 3.41. The van der Waals surface area contributed by atoms with Crippen molar-refractivity contribution in [1.29, 1.82) is 5.26 Å². The molecule has 1 N–H and O–H groups in total. The largest absolute Gasteiger partial charge is 0.494 e. The fourth-order valence-electron chi connectivity index (χ4n) is 3.41. The van der Waals surface area contributed by atoms with Gasteiger partial charge in [-0.3, -0.25) is 9.59 Å². The van der Waals surface area contributed by atoms with Gasteiger partial charge in [-0.25, -0.2) is 5.43 Å². The van der Waals surface area contributed by atoms with Gasteiger partial charge in [-0.05, 0) is 55.6 Å². The van der Waals surface area contributed by atoms with Crippen LogP contribution in [0.5, 0.6) is 5.75 Å². The van der Waals surface area contributed by atoms with Crippen LogP contribution >= 0.6 is 0 Å². The van der Waals surface area contributed by atoms with Crippen LogP contribution in [0.4, 0.5) is 0 Å². The molecule has 0 atom stereocenters. The average molecular weight is 449 g/mol. The van der Waals surface area contributed by atoms with Gasteiger partial charge < -0.3 is 4.74 Å². The standard InChI is InChI=1S/C26H19N5O3/c1-3-34-21-13-11-20(12-14-21)31-26(33)23(15-27)17(2)24(30-31)25(32)29-28-16-19-9-6-8-18-7-4-5-10-22(18)19/h4-5,7,9-14,16H,3H2,1-2H3,(H,29,32)/b28-16+. The van der Waals surface area contributed by atoms with E-state index in [-0.39, 0.29) is 16.8 Å². The van der Waals surface area contributed by atoms with Crippen molar-refractivity contribution in [2.45, 2.75) is 13.8 Å². The molecule has 166 valence electrons. The molecule has 1 aromatic heterocycles. The lowest BCUT2D eigenvalue weighted by Crippen LogP contribution is -2.31. The first-order chi connectivity index (χ1) is 16.5. The summed E-state index contributed by atoms with van der Waals surface area (Å²) < 4.78 is 6.44. The minimum absolute atomic E-state index is 0.0833. The lowest BCUT2D eigenvalue weighted by atomic mass is 10.1. The highest BCUT2D eigenvalue weighted by Crippen LogP contribution is 2.16. The smallest absolute Gasteiger partial charge is 0.292 e. The summed E-state index contributed by atoms with van der Waals surface area (Å²) in [7, 11) is 0. The number of aromatic nitrogens is 2. The van der Waals surface area contributed by atoms with E-state index in [1.807, 2.05) is 37.3 Å². The van der Waals surface area contributed by atoms with Gasteiger partial charge in [0.1, 0.15) is 17.4 Å². The van der Waals surface area contributed by atoms with Crippen LogP contribution in [-0.4, -0.2) is 28.5 Å². The number of nitrogens with one attached hydrogen (secondary N) is 1. The van der Waals surface area contributed by atoms with Crippen LogP contribution in [0.15, 0.2) is 64.5 Å². The van der Waals surface area contributed by atoms with E-state index in [4.69, 9.17) is 4.74 Å². The molecule has 0 unspecified atom stereocenters. The third-order valence-corrected chi connectivity index (χ3v) is 5.10. The molecule has 0 saturated heterocycles. The van der Waals surface area contributed by atoms with Gasteiger partial charge in [0, 0.05) is 16.5 Å². The van der Waals surface area contributed by atoms with Gasteiger partial charge in [0.05, 0.1) is 18.5 Å². The molecule has 0 fully saturated rings. The molecule has 1 heterocycles. The molecule has 0 saturated carbocycles. The lowest BCUT2D eigenvalue weighted by Gasteiger charge is -2.11. The average Bonchev–Trinajstić information content (AvgIpc) is 2.85. The maximum atomic E-state index is 12.9. The molecule has 34 heavy (non-hydrogen) atoms. The number of rotatable bonds is 6. The summed E-state index contributed by atoms with van der Waals surface area (Å²) in [6.07, 6.45) is 1.49. The Bertz CT molecular complexity index is 1490. The van der Waals surface area contributed by atoms with E-state index in [0.29, 0.717) is 18.0 Å². The van der Waals surface area contributed by atoms with Crippen LogP contribution in [0.25, 0.3) is 16.5 Å². The Morgan fingerprint density at radius 1 is 1.26 bits per heavy atom. The summed E-state index contributed by atoms with van der Waals surface area (Å²) in [6, 6.07) is 23.8. The Morgan fingerprint density at radius 3 is 2.76 bits per heavy atom. The highest BCUT2D eigenvalue weighted by Gasteiger charge is 2.20. The molecular weight excluding hydrogens is 430 g/mol. The van der Waals surface area contributed by atoms with Gasteiger partial charge in [-0.1, -0.05) is 30.3 Å². The van der Waals surface area contributed by atoms with Crippen molar-refractivity contribution in [2.75, 3.05) is 6.61 Å². The van der Waals surface area contributed by atoms with Gasteiger partial charge >= 0.3 is 0 Å². The third-order valence-electron chi connectivity index (χ3n) is 5.10. The van der Waals surface area contributed by atoms with Gasteiger partial charge in [-0.2, -0.15) is 20.1 Å². The summed E-state index contributed by atoms with van der Waals surface area (Å²) in [5.74, 6) is -0.0248. The SMILES string of the molecule is CCOc1ccc(-n2nc(C(=O)N/N=C/c3cc#cc4ccccc34)c(C)c(C#N)c2=O)cc1.